The molecule has 0 atom stereocenters. The zero-order valence-electron chi connectivity index (χ0n) is 15.6. The Balaban J connectivity index is 1.61. The van der Waals surface area contributed by atoms with Gasteiger partial charge in [-0.2, -0.15) is 0 Å². The van der Waals surface area contributed by atoms with Gasteiger partial charge in [-0.15, -0.1) is 0 Å². The highest BCUT2D eigenvalue weighted by molar-refractivity contribution is 7.15. The number of hydrogen-bond donors (Lipinski definition) is 0. The first-order valence-electron chi connectivity index (χ1n) is 8.95. The molecule has 0 N–H and O–H groups in total. The second-order valence-corrected chi connectivity index (χ2v) is 7.96. The van der Waals surface area contributed by atoms with Gasteiger partial charge in [-0.3, -0.25) is 4.79 Å². The normalized spacial score (nSPS) is 12.1. The van der Waals surface area contributed by atoms with E-state index >= 15 is 0 Å². The summed E-state index contributed by atoms with van der Waals surface area (Å²) in [5.74, 6) is 0.437. The number of para-hydroxylation sites is 2. The van der Waals surface area contributed by atoms with E-state index in [1.165, 1.54) is 18.4 Å². The van der Waals surface area contributed by atoms with Crippen LogP contribution in [0.1, 0.15) is 16.1 Å². The molecule has 8 heteroatoms. The fourth-order valence-corrected chi connectivity index (χ4v) is 4.46. The average Bonchev–Trinajstić information content (AvgIpc) is 3.43. The van der Waals surface area contributed by atoms with E-state index in [1.54, 1.807) is 40.8 Å². The lowest BCUT2D eigenvalue weighted by Gasteiger charge is -2.06. The summed E-state index contributed by atoms with van der Waals surface area (Å²) < 4.78 is 12.8. The van der Waals surface area contributed by atoms with Crippen LogP contribution in [-0.4, -0.2) is 22.5 Å². The highest BCUT2D eigenvalue weighted by Crippen LogP contribution is 2.29. The second-order valence-electron chi connectivity index (χ2n) is 6.52. The maximum Gasteiger partial charge on any atom is 0.338 e. The number of halogens is 1. The molecule has 5 aromatic rings. The van der Waals surface area contributed by atoms with E-state index in [-0.39, 0.29) is 5.56 Å². The molecule has 0 aliphatic heterocycles. The molecule has 2 aromatic carbocycles. The first-order valence-corrected chi connectivity index (χ1v) is 10.1. The lowest BCUT2D eigenvalue weighted by Crippen LogP contribution is -2.22. The Kier molecular flexibility index (Phi) is 4.42. The summed E-state index contributed by atoms with van der Waals surface area (Å²) in [5, 5.41) is 0.466. The van der Waals surface area contributed by atoms with Crippen molar-refractivity contribution in [2.75, 3.05) is 7.11 Å². The number of furan rings is 1. The molecular formula is C22H13ClN2O4S. The van der Waals surface area contributed by atoms with Gasteiger partial charge in [0, 0.05) is 16.7 Å². The Morgan fingerprint density at radius 1 is 1.20 bits per heavy atom. The van der Waals surface area contributed by atoms with Gasteiger partial charge in [0.05, 0.1) is 23.7 Å². The van der Waals surface area contributed by atoms with Gasteiger partial charge in [0.2, 0.25) is 0 Å². The molecule has 148 valence electrons. The number of esters is 1. The van der Waals surface area contributed by atoms with Crippen molar-refractivity contribution in [2.45, 2.75) is 0 Å². The van der Waals surface area contributed by atoms with Crippen LogP contribution in [0.3, 0.4) is 0 Å². The first kappa shape index (κ1) is 18.6. The largest absolute Gasteiger partial charge is 0.465 e. The van der Waals surface area contributed by atoms with Gasteiger partial charge < -0.3 is 9.15 Å². The summed E-state index contributed by atoms with van der Waals surface area (Å²) in [6.45, 7) is 0. The number of benzene rings is 2. The molecule has 0 spiro atoms. The molecule has 0 radical (unpaired) electrons. The third-order valence-corrected chi connectivity index (χ3v) is 5.90. The van der Waals surface area contributed by atoms with E-state index < -0.39 is 5.97 Å². The lowest BCUT2D eigenvalue weighted by molar-refractivity contribution is 0.0601. The minimum Gasteiger partial charge on any atom is -0.465 e. The molecule has 0 saturated carbocycles. The maximum atomic E-state index is 12.9. The molecule has 0 bridgehead atoms. The van der Waals surface area contributed by atoms with E-state index in [0.29, 0.717) is 37.2 Å². The van der Waals surface area contributed by atoms with E-state index in [9.17, 15) is 9.59 Å². The maximum absolute atomic E-state index is 12.9. The number of nitrogens with zero attached hydrogens (tertiary/aromatic N) is 2. The zero-order chi connectivity index (χ0) is 20.8. The fraction of sp³-hybridized carbons (Fsp3) is 0.0455. The molecule has 3 heterocycles. The van der Waals surface area contributed by atoms with Gasteiger partial charge in [-0.1, -0.05) is 35.1 Å². The van der Waals surface area contributed by atoms with Crippen molar-refractivity contribution in [3.63, 3.8) is 0 Å². The second kappa shape index (κ2) is 7.12. The predicted octanol–water partition coefficient (Wildman–Crippen LogP) is 4.16. The van der Waals surface area contributed by atoms with Gasteiger partial charge in [0.15, 0.2) is 4.96 Å². The van der Waals surface area contributed by atoms with Crippen LogP contribution in [0.2, 0.25) is 5.02 Å². The van der Waals surface area contributed by atoms with E-state index in [2.05, 4.69) is 4.98 Å². The predicted molar refractivity (Wildman–Crippen MR) is 116 cm³/mol. The summed E-state index contributed by atoms with van der Waals surface area (Å²) in [7, 11) is 1.31. The SMILES string of the molecule is COC(=O)c1ccc(Cl)cc1-c1ccc(/C=c2/sc3nc4ccccc4n3c2=O)o1. The van der Waals surface area contributed by atoms with E-state index in [4.69, 9.17) is 20.8 Å². The molecule has 0 fully saturated rings. The molecule has 0 unspecified atom stereocenters. The number of fused-ring (bicyclic) bond motifs is 3. The van der Waals surface area contributed by atoms with Gasteiger partial charge in [0.25, 0.3) is 5.56 Å². The van der Waals surface area contributed by atoms with Crippen molar-refractivity contribution in [1.82, 2.24) is 9.38 Å². The number of rotatable bonds is 3. The van der Waals surface area contributed by atoms with E-state index in [0.717, 1.165) is 11.0 Å². The van der Waals surface area contributed by atoms with E-state index in [1.807, 2.05) is 24.3 Å². The van der Waals surface area contributed by atoms with Crippen molar-refractivity contribution in [3.8, 4) is 11.3 Å². The number of imidazole rings is 1. The number of thiazole rings is 1. The van der Waals surface area contributed by atoms with Crippen LogP contribution in [0.15, 0.2) is 63.8 Å². The van der Waals surface area contributed by atoms with Crippen LogP contribution in [0.5, 0.6) is 0 Å². The molecule has 6 nitrogen and oxygen atoms in total. The number of carbonyl (C=O) groups excluding carboxylic acids is 1. The zero-order valence-corrected chi connectivity index (χ0v) is 17.2. The molecule has 0 aliphatic carbocycles. The third kappa shape index (κ3) is 2.99. The molecule has 0 aliphatic rings. The van der Waals surface area contributed by atoms with Crippen LogP contribution in [-0.2, 0) is 4.74 Å². The monoisotopic (exact) mass is 436 g/mol. The Morgan fingerprint density at radius 2 is 2.03 bits per heavy atom. The van der Waals surface area contributed by atoms with Crippen LogP contribution >= 0.6 is 22.9 Å². The molecule has 5 rings (SSSR count). The number of hydrogen-bond acceptors (Lipinski definition) is 6. The van der Waals surface area contributed by atoms with Gasteiger partial charge in [-0.25, -0.2) is 14.2 Å². The summed E-state index contributed by atoms with van der Waals surface area (Å²) in [6.07, 6.45) is 1.67. The molecular weight excluding hydrogens is 424 g/mol. The first-order chi connectivity index (χ1) is 14.5. The Hall–Kier alpha value is -3.42. The van der Waals surface area contributed by atoms with Crippen molar-refractivity contribution in [1.29, 1.82) is 0 Å². The molecule has 3 aromatic heterocycles. The smallest absolute Gasteiger partial charge is 0.338 e. The van der Waals surface area contributed by atoms with Gasteiger partial charge in [0.1, 0.15) is 16.1 Å². The topological polar surface area (TPSA) is 73.8 Å². The standard InChI is InChI=1S/C22H13ClN2O4S/c1-28-21(27)14-8-6-12(23)10-15(14)18-9-7-13(29-18)11-19-20(26)25-17-5-3-2-4-16(17)24-22(25)30-19/h2-11H,1H3/b19-11+. The highest BCUT2D eigenvalue weighted by Gasteiger charge is 2.17. The number of carbonyl (C=O) groups is 1. The van der Waals surface area contributed by atoms with Crippen LogP contribution in [0.4, 0.5) is 0 Å². The third-order valence-electron chi connectivity index (χ3n) is 4.70. The summed E-state index contributed by atoms with van der Waals surface area (Å²) in [4.78, 5) is 30.1. The lowest BCUT2D eigenvalue weighted by atomic mass is 10.1. The van der Waals surface area contributed by atoms with Crippen molar-refractivity contribution >= 4 is 51.0 Å². The van der Waals surface area contributed by atoms with Crippen LogP contribution in [0, 0.1) is 0 Å². The molecule has 30 heavy (non-hydrogen) atoms. The Labute approximate surface area is 178 Å². The highest BCUT2D eigenvalue weighted by atomic mass is 35.5. The van der Waals surface area contributed by atoms with Crippen molar-refractivity contribution < 1.29 is 13.9 Å². The summed E-state index contributed by atoms with van der Waals surface area (Å²) >= 11 is 7.39. The number of methoxy groups -OCH3 is 1. The summed E-state index contributed by atoms with van der Waals surface area (Å²) in [5.41, 5.74) is 2.26. The molecule has 0 amide bonds. The summed E-state index contributed by atoms with van der Waals surface area (Å²) in [6, 6.07) is 15.8. The average molecular weight is 437 g/mol. The van der Waals surface area contributed by atoms with Gasteiger partial charge in [-0.05, 0) is 42.5 Å². The van der Waals surface area contributed by atoms with Crippen molar-refractivity contribution in [3.05, 3.63) is 85.8 Å². The van der Waals surface area contributed by atoms with Gasteiger partial charge >= 0.3 is 5.97 Å². The number of aromatic nitrogens is 2. The van der Waals surface area contributed by atoms with Crippen LogP contribution < -0.4 is 10.1 Å². The van der Waals surface area contributed by atoms with Crippen molar-refractivity contribution in [2.24, 2.45) is 0 Å². The van der Waals surface area contributed by atoms with Crippen LogP contribution in [0.25, 0.3) is 33.4 Å². The quantitative estimate of drug-likeness (QED) is 0.397. The number of ether oxygens (including phenoxy) is 1. The minimum atomic E-state index is -0.489. The fourth-order valence-electron chi connectivity index (χ4n) is 3.32. The Bertz CT molecular complexity index is 1550. The minimum absolute atomic E-state index is 0.153. The Morgan fingerprint density at radius 3 is 2.87 bits per heavy atom. The molecule has 0 saturated heterocycles.